The Hall–Kier alpha value is -1.62. The van der Waals surface area contributed by atoms with Crippen LogP contribution in [0.3, 0.4) is 0 Å². The van der Waals surface area contributed by atoms with Crippen LogP contribution in [0.25, 0.3) is 0 Å². The van der Waals surface area contributed by atoms with Crippen LogP contribution in [0.2, 0.25) is 0 Å². The molecule has 0 saturated carbocycles. The lowest BCUT2D eigenvalue weighted by molar-refractivity contribution is -0.122. The van der Waals surface area contributed by atoms with Gasteiger partial charge >= 0.3 is 0 Å². The number of carbonyl (C=O) groups is 1. The van der Waals surface area contributed by atoms with E-state index in [0.717, 1.165) is 38.3 Å². The molecular formula is C22H38FIN6O. The molecule has 7 nitrogen and oxygen atoms in total. The molecule has 1 aliphatic heterocycles. The predicted molar refractivity (Wildman–Crippen MR) is 137 cm³/mol. The van der Waals surface area contributed by atoms with Crippen molar-refractivity contribution in [3.63, 3.8) is 0 Å². The van der Waals surface area contributed by atoms with Gasteiger partial charge in [-0.05, 0) is 45.0 Å². The summed E-state index contributed by atoms with van der Waals surface area (Å²) in [5.41, 5.74) is 1.21. The van der Waals surface area contributed by atoms with Gasteiger partial charge in [0, 0.05) is 52.4 Å². The molecule has 1 heterocycles. The number of likely N-dealkylation sites (N-methyl/N-ethyl adjacent to an activating group) is 2. The van der Waals surface area contributed by atoms with Crippen LogP contribution in [0.1, 0.15) is 33.3 Å². The van der Waals surface area contributed by atoms with Gasteiger partial charge in [0.2, 0.25) is 5.91 Å². The van der Waals surface area contributed by atoms with Gasteiger partial charge in [-0.2, -0.15) is 0 Å². The summed E-state index contributed by atoms with van der Waals surface area (Å²) in [6.45, 7) is 13.3. The third-order valence-corrected chi connectivity index (χ3v) is 5.09. The first-order valence-corrected chi connectivity index (χ1v) is 10.6. The lowest BCUT2D eigenvalue weighted by Gasteiger charge is -2.35. The van der Waals surface area contributed by atoms with Gasteiger partial charge < -0.3 is 25.3 Å². The molecule has 0 atom stereocenters. The zero-order chi connectivity index (χ0) is 22.3. The van der Waals surface area contributed by atoms with Crippen LogP contribution in [0.4, 0.5) is 10.1 Å². The van der Waals surface area contributed by atoms with Gasteiger partial charge in [0.15, 0.2) is 5.96 Å². The van der Waals surface area contributed by atoms with Crippen LogP contribution < -0.4 is 15.5 Å². The number of aliphatic imine (C=N–C) groups is 1. The van der Waals surface area contributed by atoms with Crippen LogP contribution in [-0.4, -0.2) is 80.6 Å². The number of hydrogen-bond donors (Lipinski definition) is 2. The summed E-state index contributed by atoms with van der Waals surface area (Å²) in [5, 5.41) is 6.14. The molecule has 0 unspecified atom stereocenters. The highest BCUT2D eigenvalue weighted by atomic mass is 127. The Balaban J connectivity index is 0.00000480. The van der Waals surface area contributed by atoms with E-state index in [2.05, 4.69) is 32.3 Å². The van der Waals surface area contributed by atoms with E-state index in [4.69, 9.17) is 0 Å². The Bertz CT molecular complexity index is 744. The van der Waals surface area contributed by atoms with E-state index in [1.54, 1.807) is 25.1 Å². The van der Waals surface area contributed by atoms with Gasteiger partial charge in [-0.1, -0.05) is 13.0 Å². The van der Waals surface area contributed by atoms with Crippen molar-refractivity contribution in [2.45, 2.75) is 39.8 Å². The second kappa shape index (κ2) is 12.4. The normalized spacial score (nSPS) is 15.3. The molecule has 1 amide bonds. The van der Waals surface area contributed by atoms with Gasteiger partial charge in [0.25, 0.3) is 0 Å². The summed E-state index contributed by atoms with van der Waals surface area (Å²) in [7, 11) is 3.47. The van der Waals surface area contributed by atoms with E-state index in [1.807, 2.05) is 32.9 Å². The molecule has 0 radical (unpaired) electrons. The maximum absolute atomic E-state index is 14.7. The summed E-state index contributed by atoms with van der Waals surface area (Å²) in [5.74, 6) is 0.304. The Labute approximate surface area is 203 Å². The number of anilines is 1. The summed E-state index contributed by atoms with van der Waals surface area (Å²) >= 11 is 0. The number of benzene rings is 1. The van der Waals surface area contributed by atoms with Gasteiger partial charge in [0.1, 0.15) is 5.82 Å². The molecule has 1 aliphatic rings. The maximum atomic E-state index is 14.7. The number of rotatable bonds is 6. The quantitative estimate of drug-likeness (QED) is 0.325. The van der Waals surface area contributed by atoms with E-state index in [-0.39, 0.29) is 47.8 Å². The van der Waals surface area contributed by atoms with Crippen LogP contribution in [0, 0.1) is 5.82 Å². The lowest BCUT2D eigenvalue weighted by Crippen LogP contribution is -2.48. The number of amides is 1. The number of nitrogens with one attached hydrogen (secondary N) is 2. The Kier molecular flexibility index (Phi) is 11.0. The number of guanidine groups is 1. The third kappa shape index (κ3) is 8.80. The van der Waals surface area contributed by atoms with Crippen LogP contribution in [0.15, 0.2) is 23.2 Å². The highest BCUT2D eigenvalue weighted by molar-refractivity contribution is 14.0. The van der Waals surface area contributed by atoms with Crippen LogP contribution >= 0.6 is 24.0 Å². The molecule has 9 heteroatoms. The van der Waals surface area contributed by atoms with Crippen molar-refractivity contribution in [2.75, 3.05) is 58.3 Å². The first-order valence-electron chi connectivity index (χ1n) is 10.6. The second-order valence-electron chi connectivity index (χ2n) is 8.76. The molecule has 1 saturated heterocycles. The Morgan fingerprint density at radius 3 is 2.39 bits per heavy atom. The van der Waals surface area contributed by atoms with Crippen molar-refractivity contribution in [1.82, 2.24) is 20.4 Å². The Morgan fingerprint density at radius 2 is 1.87 bits per heavy atom. The summed E-state index contributed by atoms with van der Waals surface area (Å²) < 4.78 is 14.7. The molecule has 0 spiro atoms. The first-order chi connectivity index (χ1) is 14.1. The smallest absolute Gasteiger partial charge is 0.240 e. The third-order valence-electron chi connectivity index (χ3n) is 5.09. The monoisotopic (exact) mass is 548 g/mol. The predicted octanol–water partition coefficient (Wildman–Crippen LogP) is 2.51. The van der Waals surface area contributed by atoms with Crippen molar-refractivity contribution in [3.05, 3.63) is 29.6 Å². The fourth-order valence-corrected chi connectivity index (χ4v) is 3.54. The Morgan fingerprint density at radius 1 is 1.23 bits per heavy atom. The van der Waals surface area contributed by atoms with Gasteiger partial charge in [-0.15, -0.1) is 24.0 Å². The highest BCUT2D eigenvalue weighted by Crippen LogP contribution is 2.22. The highest BCUT2D eigenvalue weighted by Gasteiger charge is 2.19. The molecule has 176 valence electrons. The summed E-state index contributed by atoms with van der Waals surface area (Å²) in [4.78, 5) is 22.6. The lowest BCUT2D eigenvalue weighted by atomic mass is 10.1. The van der Waals surface area contributed by atoms with E-state index in [1.165, 1.54) is 0 Å². The van der Waals surface area contributed by atoms with Crippen molar-refractivity contribution in [2.24, 2.45) is 4.99 Å². The fourth-order valence-electron chi connectivity index (χ4n) is 3.54. The van der Waals surface area contributed by atoms with Crippen LogP contribution in [-0.2, 0) is 11.3 Å². The van der Waals surface area contributed by atoms with Crippen molar-refractivity contribution < 1.29 is 9.18 Å². The second-order valence-corrected chi connectivity index (χ2v) is 8.76. The molecule has 1 fully saturated rings. The number of halogens is 2. The van der Waals surface area contributed by atoms with E-state index in [9.17, 15) is 9.18 Å². The number of hydrogen-bond acceptors (Lipinski definition) is 4. The first kappa shape index (κ1) is 27.4. The minimum atomic E-state index is -0.280. The van der Waals surface area contributed by atoms with E-state index < -0.39 is 0 Å². The molecule has 1 aromatic carbocycles. The van der Waals surface area contributed by atoms with Gasteiger partial charge in [0.05, 0.1) is 12.2 Å². The standard InChI is InChI=1S/C22H37FN6O.HI/c1-7-28-10-12-29(13-11-28)19-9-8-17(14-18(19)23)15-25-21(24-5)27(6)16-20(30)26-22(2,3)4;/h8-9,14H,7,10-13,15-16H2,1-6H3,(H,24,25)(H,26,30);1H. The number of nitrogens with zero attached hydrogens (tertiary/aromatic N) is 4. The van der Waals surface area contributed by atoms with Crippen molar-refractivity contribution in [1.29, 1.82) is 0 Å². The maximum Gasteiger partial charge on any atom is 0.240 e. The SMILES string of the molecule is CCN1CCN(c2ccc(CNC(=NC)N(C)CC(=O)NC(C)(C)C)cc2F)CC1.I. The zero-order valence-corrected chi connectivity index (χ0v) is 22.0. The average molecular weight is 548 g/mol. The minimum absolute atomic E-state index is 0. The molecule has 0 bridgehead atoms. The summed E-state index contributed by atoms with van der Waals surface area (Å²) in [6.07, 6.45) is 0. The fraction of sp³-hybridized carbons (Fsp3) is 0.636. The van der Waals surface area contributed by atoms with Crippen molar-refractivity contribution >= 4 is 41.5 Å². The molecule has 31 heavy (non-hydrogen) atoms. The number of piperazine rings is 1. The zero-order valence-electron chi connectivity index (χ0n) is 19.7. The molecule has 0 aliphatic carbocycles. The van der Waals surface area contributed by atoms with E-state index in [0.29, 0.717) is 18.2 Å². The topological polar surface area (TPSA) is 63.2 Å². The molecule has 2 N–H and O–H groups in total. The average Bonchev–Trinajstić information content (AvgIpc) is 2.67. The van der Waals surface area contributed by atoms with Crippen molar-refractivity contribution in [3.8, 4) is 0 Å². The minimum Gasteiger partial charge on any atom is -0.367 e. The van der Waals surface area contributed by atoms with E-state index >= 15 is 0 Å². The summed E-state index contributed by atoms with van der Waals surface area (Å²) in [6, 6.07) is 5.38. The van der Waals surface area contributed by atoms with Gasteiger partial charge in [-0.3, -0.25) is 9.79 Å². The molecule has 0 aromatic heterocycles. The molecule has 2 rings (SSSR count). The number of carbonyl (C=O) groups excluding carboxylic acids is 1. The molecular weight excluding hydrogens is 510 g/mol. The largest absolute Gasteiger partial charge is 0.367 e. The van der Waals surface area contributed by atoms with Gasteiger partial charge in [-0.25, -0.2) is 4.39 Å². The van der Waals surface area contributed by atoms with Crippen LogP contribution in [0.5, 0.6) is 0 Å². The molecule has 1 aromatic rings.